The van der Waals surface area contributed by atoms with Crippen LogP contribution in [0.4, 0.5) is 0 Å². The lowest BCUT2D eigenvalue weighted by Crippen LogP contribution is -2.31. The zero-order chi connectivity index (χ0) is 16.0. The zero-order valence-electron chi connectivity index (χ0n) is 12.8. The summed E-state index contributed by atoms with van der Waals surface area (Å²) in [7, 11) is 0. The summed E-state index contributed by atoms with van der Waals surface area (Å²) in [6, 6.07) is 9.34. The van der Waals surface area contributed by atoms with Gasteiger partial charge in [0.1, 0.15) is 0 Å². The van der Waals surface area contributed by atoms with Gasteiger partial charge in [0, 0.05) is 41.1 Å². The number of nitrogens with one attached hydrogen (secondary N) is 1. The van der Waals surface area contributed by atoms with E-state index in [9.17, 15) is 4.79 Å². The summed E-state index contributed by atoms with van der Waals surface area (Å²) in [5, 5.41) is 4.61. The maximum Gasteiger partial charge on any atom is 0.263 e. The molecule has 0 aliphatic carbocycles. The van der Waals surface area contributed by atoms with Crippen molar-refractivity contribution in [2.75, 3.05) is 26.2 Å². The molecule has 1 aromatic heterocycles. The Morgan fingerprint density at radius 3 is 2.33 bits per heavy atom. The fourth-order valence-electron chi connectivity index (χ4n) is 3.48. The highest BCUT2D eigenvalue weighted by molar-refractivity contribution is 7.17. The van der Waals surface area contributed by atoms with Gasteiger partial charge in [-0.1, -0.05) is 23.2 Å². The molecule has 128 valence electrons. The predicted octanol–water partition coefficient (Wildman–Crippen LogP) is 4.44. The third-order valence-corrected chi connectivity index (χ3v) is 6.20. The van der Waals surface area contributed by atoms with Crippen molar-refractivity contribution >= 4 is 52.9 Å². The maximum atomic E-state index is 12.7. The number of likely N-dealkylation sites (tertiary alicyclic amines) is 1. The molecule has 2 aromatic rings. The Hall–Kier alpha value is -0.780. The van der Waals surface area contributed by atoms with E-state index in [0.717, 1.165) is 41.5 Å². The highest BCUT2D eigenvalue weighted by Crippen LogP contribution is 2.34. The van der Waals surface area contributed by atoms with Crippen molar-refractivity contribution in [1.29, 1.82) is 0 Å². The highest BCUT2D eigenvalue weighted by atomic mass is 35.5. The topological polar surface area (TPSA) is 32.3 Å². The molecule has 7 heteroatoms. The molecular weight excluding hydrogens is 387 g/mol. The van der Waals surface area contributed by atoms with Crippen molar-refractivity contribution in [3.63, 3.8) is 0 Å². The number of rotatable bonds is 2. The van der Waals surface area contributed by atoms with Crippen LogP contribution in [0.25, 0.3) is 10.4 Å². The molecule has 3 nitrogen and oxygen atoms in total. The predicted molar refractivity (Wildman–Crippen MR) is 103 cm³/mol. The number of carbonyl (C=O) groups excluding carboxylic acids is 1. The van der Waals surface area contributed by atoms with Crippen LogP contribution in [-0.2, 0) is 0 Å². The Kier molecular flexibility index (Phi) is 5.42. The van der Waals surface area contributed by atoms with Crippen molar-refractivity contribution in [1.82, 2.24) is 10.2 Å². The first-order chi connectivity index (χ1) is 11.1. The summed E-state index contributed by atoms with van der Waals surface area (Å²) in [6.45, 7) is 3.80. The number of amides is 1. The number of carbonyl (C=O) groups is 1. The van der Waals surface area contributed by atoms with E-state index in [0.29, 0.717) is 21.9 Å². The molecule has 1 aromatic carbocycles. The number of nitrogens with zero attached hydrogens (tertiary/aromatic N) is 1. The fraction of sp³-hybridized carbons (Fsp3) is 0.353. The van der Waals surface area contributed by atoms with Crippen molar-refractivity contribution < 1.29 is 4.79 Å². The molecule has 0 bridgehead atoms. The lowest BCUT2D eigenvalue weighted by molar-refractivity contribution is 0.0786. The Balaban J connectivity index is 0.00000169. The van der Waals surface area contributed by atoms with Crippen LogP contribution in [0.15, 0.2) is 30.3 Å². The van der Waals surface area contributed by atoms with Crippen molar-refractivity contribution in [2.45, 2.75) is 0 Å². The molecule has 3 heterocycles. The number of hydrogen-bond donors (Lipinski definition) is 1. The number of benzene rings is 1. The molecule has 2 fully saturated rings. The largest absolute Gasteiger partial charge is 0.337 e. The number of thiophene rings is 1. The van der Waals surface area contributed by atoms with Gasteiger partial charge < -0.3 is 10.2 Å². The lowest BCUT2D eigenvalue weighted by atomic mass is 10.0. The molecule has 4 rings (SSSR count). The second-order valence-electron chi connectivity index (χ2n) is 6.21. The zero-order valence-corrected chi connectivity index (χ0v) is 15.9. The first-order valence-electron chi connectivity index (χ1n) is 7.66. The highest BCUT2D eigenvalue weighted by Gasteiger charge is 2.38. The minimum absolute atomic E-state index is 0. The van der Waals surface area contributed by atoms with Crippen LogP contribution in [0, 0.1) is 11.8 Å². The smallest absolute Gasteiger partial charge is 0.263 e. The molecule has 2 aliphatic rings. The van der Waals surface area contributed by atoms with Crippen LogP contribution in [0.1, 0.15) is 9.67 Å². The summed E-state index contributed by atoms with van der Waals surface area (Å²) in [4.78, 5) is 16.5. The SMILES string of the molecule is Cl.O=C(c1ccc(-c2cc(Cl)cc(Cl)c2)s1)N1C[C@H]2CNC[C@H]2C1. The van der Waals surface area contributed by atoms with Gasteiger partial charge in [0.2, 0.25) is 0 Å². The van der Waals surface area contributed by atoms with Gasteiger partial charge in [-0.25, -0.2) is 0 Å². The molecule has 0 radical (unpaired) electrons. The minimum Gasteiger partial charge on any atom is -0.337 e. The molecule has 0 spiro atoms. The van der Waals surface area contributed by atoms with E-state index in [1.807, 2.05) is 29.2 Å². The molecule has 0 saturated carbocycles. The quantitative estimate of drug-likeness (QED) is 0.804. The van der Waals surface area contributed by atoms with E-state index < -0.39 is 0 Å². The number of halogens is 3. The third-order valence-electron chi connectivity index (χ3n) is 4.64. The van der Waals surface area contributed by atoms with E-state index in [2.05, 4.69) is 5.32 Å². The third kappa shape index (κ3) is 3.44. The monoisotopic (exact) mass is 402 g/mol. The number of hydrogen-bond acceptors (Lipinski definition) is 3. The second kappa shape index (κ2) is 7.22. The van der Waals surface area contributed by atoms with Gasteiger partial charge >= 0.3 is 0 Å². The van der Waals surface area contributed by atoms with Crippen molar-refractivity contribution in [3.8, 4) is 10.4 Å². The van der Waals surface area contributed by atoms with Gasteiger partial charge in [0.05, 0.1) is 4.88 Å². The molecule has 1 amide bonds. The summed E-state index contributed by atoms with van der Waals surface area (Å²) in [5.41, 5.74) is 0.953. The first kappa shape index (κ1) is 18.0. The number of fused-ring (bicyclic) bond motifs is 1. The van der Waals surface area contributed by atoms with Gasteiger partial charge in [-0.3, -0.25) is 4.79 Å². The van der Waals surface area contributed by atoms with Crippen LogP contribution in [-0.4, -0.2) is 37.0 Å². The molecule has 1 N–H and O–H groups in total. The summed E-state index contributed by atoms with van der Waals surface area (Å²) in [6.07, 6.45) is 0. The Morgan fingerprint density at radius 2 is 1.71 bits per heavy atom. The second-order valence-corrected chi connectivity index (χ2v) is 8.17. The van der Waals surface area contributed by atoms with E-state index in [1.54, 1.807) is 6.07 Å². The normalized spacial score (nSPS) is 22.3. The summed E-state index contributed by atoms with van der Waals surface area (Å²) < 4.78 is 0. The van der Waals surface area contributed by atoms with E-state index in [1.165, 1.54) is 11.3 Å². The van der Waals surface area contributed by atoms with Crippen LogP contribution >= 0.6 is 46.9 Å². The van der Waals surface area contributed by atoms with E-state index >= 15 is 0 Å². The van der Waals surface area contributed by atoms with Crippen LogP contribution in [0.3, 0.4) is 0 Å². The van der Waals surface area contributed by atoms with Gasteiger partial charge in [-0.05, 0) is 47.7 Å². The van der Waals surface area contributed by atoms with Crippen LogP contribution in [0.2, 0.25) is 10.0 Å². The fourth-order valence-corrected chi connectivity index (χ4v) is 4.97. The maximum absolute atomic E-state index is 12.7. The minimum atomic E-state index is 0. The molecule has 2 saturated heterocycles. The average molecular weight is 404 g/mol. The van der Waals surface area contributed by atoms with Crippen LogP contribution < -0.4 is 5.32 Å². The molecule has 2 aliphatic heterocycles. The van der Waals surface area contributed by atoms with Crippen molar-refractivity contribution in [3.05, 3.63) is 45.3 Å². The van der Waals surface area contributed by atoms with Gasteiger partial charge in [-0.15, -0.1) is 23.7 Å². The molecule has 2 atom stereocenters. The Morgan fingerprint density at radius 1 is 1.08 bits per heavy atom. The lowest BCUT2D eigenvalue weighted by Gasteiger charge is -2.16. The van der Waals surface area contributed by atoms with E-state index in [-0.39, 0.29) is 18.3 Å². The standard InChI is InChI=1S/C17H16Cl2N2OS.ClH/c18-13-3-10(4-14(19)5-13)15-1-2-16(23-15)17(22)21-8-11-6-20-7-12(11)9-21;/h1-5,11-12,20H,6-9H2;1H/t11-,12+;. The molecule has 24 heavy (non-hydrogen) atoms. The van der Waals surface area contributed by atoms with Gasteiger partial charge in [-0.2, -0.15) is 0 Å². The molecular formula is C17H17Cl3N2OS. The Labute approximate surface area is 161 Å². The van der Waals surface area contributed by atoms with E-state index in [4.69, 9.17) is 23.2 Å². The Bertz CT molecular complexity index is 732. The van der Waals surface area contributed by atoms with Crippen LogP contribution in [0.5, 0.6) is 0 Å². The summed E-state index contributed by atoms with van der Waals surface area (Å²) in [5.74, 6) is 1.37. The van der Waals surface area contributed by atoms with Gasteiger partial charge in [0.15, 0.2) is 0 Å². The molecule has 0 unspecified atom stereocenters. The van der Waals surface area contributed by atoms with Crippen molar-refractivity contribution in [2.24, 2.45) is 11.8 Å². The first-order valence-corrected chi connectivity index (χ1v) is 9.23. The summed E-state index contributed by atoms with van der Waals surface area (Å²) >= 11 is 13.6. The van der Waals surface area contributed by atoms with Gasteiger partial charge in [0.25, 0.3) is 5.91 Å². The average Bonchev–Trinajstić information content (AvgIpc) is 3.21.